The maximum atomic E-state index is 5.49. The van der Waals surface area contributed by atoms with Gasteiger partial charge in [0.05, 0.1) is 0 Å². The lowest BCUT2D eigenvalue weighted by atomic mass is 10.1. The van der Waals surface area contributed by atoms with Crippen LogP contribution >= 0.6 is 12.2 Å². The number of nitrogens with one attached hydrogen (secondary N) is 2. The molecule has 8 heteroatoms. The summed E-state index contributed by atoms with van der Waals surface area (Å²) in [6.45, 7) is 4.78. The van der Waals surface area contributed by atoms with E-state index in [9.17, 15) is 0 Å². The summed E-state index contributed by atoms with van der Waals surface area (Å²) in [4.78, 5) is 14.2. The Bertz CT molecular complexity index is 1030. The third-order valence-electron chi connectivity index (χ3n) is 6.06. The summed E-state index contributed by atoms with van der Waals surface area (Å²) in [5.41, 5.74) is 5.37. The van der Waals surface area contributed by atoms with Crippen molar-refractivity contribution in [1.82, 2.24) is 15.3 Å². The van der Waals surface area contributed by atoms with Crippen molar-refractivity contribution in [2.45, 2.75) is 32.6 Å². The first-order chi connectivity index (χ1) is 16.2. The number of hydrogen-bond acceptors (Lipinski definition) is 6. The van der Waals surface area contributed by atoms with Gasteiger partial charge in [-0.05, 0) is 40.9 Å². The third-order valence-corrected chi connectivity index (χ3v) is 6.31. The number of hydrogen-bond donors (Lipinski definition) is 2. The highest BCUT2D eigenvalue weighted by Gasteiger charge is 2.24. The molecule has 2 aliphatic rings. The molecule has 0 unspecified atom stereocenters. The minimum Gasteiger partial charge on any atom is -0.385 e. The normalized spacial score (nSPS) is 14.2. The molecule has 0 radical (unpaired) electrons. The van der Waals surface area contributed by atoms with Gasteiger partial charge in [0, 0.05) is 52.5 Å². The molecular formula is C25H28N6OS. The summed E-state index contributed by atoms with van der Waals surface area (Å²) in [5, 5.41) is 6.92. The van der Waals surface area contributed by atoms with Gasteiger partial charge in [0.2, 0.25) is 5.95 Å². The van der Waals surface area contributed by atoms with Gasteiger partial charge in [-0.2, -0.15) is 9.97 Å². The largest absolute Gasteiger partial charge is 0.385 e. The second kappa shape index (κ2) is 9.72. The maximum Gasteiger partial charge on any atom is 0.232 e. The zero-order valence-electron chi connectivity index (χ0n) is 18.8. The third kappa shape index (κ3) is 4.91. The van der Waals surface area contributed by atoms with Crippen LogP contribution in [0.5, 0.6) is 0 Å². The van der Waals surface area contributed by atoms with Gasteiger partial charge in [0.1, 0.15) is 11.6 Å². The standard InChI is InChI=1S/C25H28N6OS/c1-32-12-6-11-26-25(33)29-24-27-22(30-14-18-7-2-3-8-19(18)15-30)13-23(28-24)31-16-20-9-4-5-10-21(20)17-31/h2-5,7-10,13H,6,11-12,14-17H2,1H3,(H2,26,27,28,29,33). The molecule has 5 rings (SSSR count). The molecule has 170 valence electrons. The van der Waals surface area contributed by atoms with Crippen molar-refractivity contribution in [3.63, 3.8) is 0 Å². The maximum absolute atomic E-state index is 5.49. The quantitative estimate of drug-likeness (QED) is 0.407. The van der Waals surface area contributed by atoms with Gasteiger partial charge in [-0.15, -0.1) is 0 Å². The minimum atomic E-state index is 0.513. The number of nitrogens with zero attached hydrogens (tertiary/aromatic N) is 4. The van der Waals surface area contributed by atoms with E-state index in [1.54, 1.807) is 7.11 Å². The fourth-order valence-electron chi connectivity index (χ4n) is 4.36. The molecule has 0 saturated carbocycles. The van der Waals surface area contributed by atoms with Gasteiger partial charge in [0.15, 0.2) is 5.11 Å². The fourth-order valence-corrected chi connectivity index (χ4v) is 4.55. The smallest absolute Gasteiger partial charge is 0.232 e. The number of rotatable bonds is 7. The highest BCUT2D eigenvalue weighted by atomic mass is 32.1. The second-order valence-electron chi connectivity index (χ2n) is 8.38. The molecule has 33 heavy (non-hydrogen) atoms. The van der Waals surface area contributed by atoms with Crippen LogP contribution in [0.4, 0.5) is 17.6 Å². The Kier molecular flexibility index (Phi) is 6.37. The molecule has 0 fully saturated rings. The molecule has 1 aromatic heterocycles. The van der Waals surface area contributed by atoms with E-state index in [1.807, 2.05) is 0 Å². The molecule has 0 bridgehead atoms. The van der Waals surface area contributed by atoms with E-state index in [4.69, 9.17) is 26.9 Å². The first-order valence-electron chi connectivity index (χ1n) is 11.3. The van der Waals surface area contributed by atoms with Gasteiger partial charge in [0.25, 0.3) is 0 Å². The van der Waals surface area contributed by atoms with Crippen molar-refractivity contribution >= 4 is 34.9 Å². The number of methoxy groups -OCH3 is 1. The SMILES string of the molecule is COCCCNC(=S)Nc1nc(N2Cc3ccccc3C2)cc(N2Cc3ccccc3C2)n1. The fraction of sp³-hybridized carbons (Fsp3) is 0.320. The molecule has 2 aromatic carbocycles. The lowest BCUT2D eigenvalue weighted by Crippen LogP contribution is -2.31. The minimum absolute atomic E-state index is 0.513. The second-order valence-corrected chi connectivity index (χ2v) is 8.79. The van der Waals surface area contributed by atoms with Crippen LogP contribution < -0.4 is 20.4 Å². The highest BCUT2D eigenvalue weighted by molar-refractivity contribution is 7.80. The van der Waals surface area contributed by atoms with Crippen molar-refractivity contribution < 1.29 is 4.74 Å². The Morgan fingerprint density at radius 1 is 0.879 bits per heavy atom. The van der Waals surface area contributed by atoms with Crippen molar-refractivity contribution in [3.8, 4) is 0 Å². The Morgan fingerprint density at radius 3 is 1.82 bits per heavy atom. The van der Waals surface area contributed by atoms with E-state index in [0.717, 1.165) is 50.8 Å². The molecule has 2 N–H and O–H groups in total. The van der Waals surface area contributed by atoms with Crippen molar-refractivity contribution in [2.75, 3.05) is 35.4 Å². The first-order valence-corrected chi connectivity index (χ1v) is 11.7. The monoisotopic (exact) mass is 460 g/mol. The van der Waals surface area contributed by atoms with Crippen LogP contribution in [-0.4, -0.2) is 35.3 Å². The van der Waals surface area contributed by atoms with Gasteiger partial charge >= 0.3 is 0 Å². The van der Waals surface area contributed by atoms with Crippen LogP contribution in [0.15, 0.2) is 54.6 Å². The average molecular weight is 461 g/mol. The summed E-state index contributed by atoms with van der Waals surface area (Å²) in [5.74, 6) is 2.31. The molecular weight excluding hydrogens is 432 g/mol. The number of fused-ring (bicyclic) bond motifs is 2. The summed E-state index contributed by atoms with van der Waals surface area (Å²) in [6, 6.07) is 19.2. The molecule has 0 saturated heterocycles. The number of ether oxygens (including phenoxy) is 1. The van der Waals surface area contributed by atoms with E-state index in [-0.39, 0.29) is 0 Å². The van der Waals surface area contributed by atoms with Crippen LogP contribution in [0.25, 0.3) is 0 Å². The molecule has 0 atom stereocenters. The van der Waals surface area contributed by atoms with Crippen molar-refractivity contribution in [3.05, 3.63) is 76.9 Å². The molecule has 0 spiro atoms. The van der Waals surface area contributed by atoms with Gasteiger partial charge in [-0.3, -0.25) is 0 Å². The summed E-state index contributed by atoms with van der Waals surface area (Å²) >= 11 is 5.49. The molecule has 0 aliphatic carbocycles. The predicted molar refractivity (Wildman–Crippen MR) is 135 cm³/mol. The van der Waals surface area contributed by atoms with Gasteiger partial charge < -0.3 is 25.2 Å². The van der Waals surface area contributed by atoms with Crippen LogP contribution in [0.1, 0.15) is 28.7 Å². The molecule has 3 heterocycles. The molecule has 7 nitrogen and oxygen atoms in total. The lowest BCUT2D eigenvalue weighted by Gasteiger charge is -2.22. The van der Waals surface area contributed by atoms with Gasteiger partial charge in [-0.1, -0.05) is 48.5 Å². The first kappa shape index (κ1) is 21.6. The van der Waals surface area contributed by atoms with Crippen LogP contribution in [0.2, 0.25) is 0 Å². The number of thiocarbonyl (C=S) groups is 1. The summed E-state index contributed by atoms with van der Waals surface area (Å²) in [6.07, 6.45) is 0.878. The Morgan fingerprint density at radius 2 is 1.36 bits per heavy atom. The van der Waals surface area contributed by atoms with Crippen LogP contribution in [0.3, 0.4) is 0 Å². The van der Waals surface area contributed by atoms with E-state index < -0.39 is 0 Å². The van der Waals surface area contributed by atoms with E-state index in [1.165, 1.54) is 22.3 Å². The van der Waals surface area contributed by atoms with Crippen LogP contribution in [0, 0.1) is 0 Å². The van der Waals surface area contributed by atoms with E-state index >= 15 is 0 Å². The van der Waals surface area contributed by atoms with E-state index in [2.05, 4.69) is 75.0 Å². The van der Waals surface area contributed by atoms with E-state index in [0.29, 0.717) is 17.7 Å². The summed E-state index contributed by atoms with van der Waals surface area (Å²) in [7, 11) is 1.70. The Labute approximate surface area is 199 Å². The topological polar surface area (TPSA) is 65.6 Å². The zero-order chi connectivity index (χ0) is 22.6. The lowest BCUT2D eigenvalue weighted by molar-refractivity contribution is 0.196. The number of aromatic nitrogens is 2. The molecule has 3 aromatic rings. The highest BCUT2D eigenvalue weighted by Crippen LogP contribution is 2.32. The molecule has 0 amide bonds. The summed E-state index contributed by atoms with van der Waals surface area (Å²) < 4.78 is 5.10. The van der Waals surface area contributed by atoms with Crippen molar-refractivity contribution in [2.24, 2.45) is 0 Å². The average Bonchev–Trinajstić information content (AvgIpc) is 3.46. The Balaban J connectivity index is 1.38. The van der Waals surface area contributed by atoms with Crippen molar-refractivity contribution in [1.29, 1.82) is 0 Å². The predicted octanol–water partition coefficient (Wildman–Crippen LogP) is 3.84. The zero-order valence-corrected chi connectivity index (χ0v) is 19.6. The van der Waals surface area contributed by atoms with Gasteiger partial charge in [-0.25, -0.2) is 0 Å². The Hall–Kier alpha value is -3.23. The number of benzene rings is 2. The van der Waals surface area contributed by atoms with Crippen LogP contribution in [-0.2, 0) is 30.9 Å². The number of anilines is 3. The molecule has 2 aliphatic heterocycles.